The minimum Gasteiger partial charge on any atom is -0.748 e. The van der Waals surface area contributed by atoms with Crippen molar-refractivity contribution in [1.82, 2.24) is 0 Å². The summed E-state index contributed by atoms with van der Waals surface area (Å²) >= 11 is 0. The first-order chi connectivity index (χ1) is 24.4. The summed E-state index contributed by atoms with van der Waals surface area (Å²) in [6, 6.07) is 26.9. The molecule has 8 aliphatic carbocycles. The molecule has 8 saturated carbocycles. The molecule has 0 radical (unpaired) electrons. The molecule has 0 aromatic heterocycles. The van der Waals surface area contributed by atoms with Gasteiger partial charge < -0.3 is 30.3 Å². The van der Waals surface area contributed by atoms with Crippen molar-refractivity contribution in [3.63, 3.8) is 0 Å². The van der Waals surface area contributed by atoms with E-state index < -0.39 is 0 Å². The van der Waals surface area contributed by atoms with Crippen molar-refractivity contribution in [1.29, 1.82) is 0 Å². The Morgan fingerprint density at radius 3 is 1.37 bits per heavy atom. The zero-order valence-electron chi connectivity index (χ0n) is 33.7. The molecule has 0 amide bonds. The summed E-state index contributed by atoms with van der Waals surface area (Å²) in [6.07, 6.45) is 20.0. The molecule has 0 N–H and O–H groups in total. The minimum atomic E-state index is -0.152. The molecule has 52 heavy (non-hydrogen) atoms. The fraction of sp³-hybridized carbons (Fsp3) is 0.673. The van der Waals surface area contributed by atoms with Crippen molar-refractivity contribution in [3.05, 3.63) is 95.1 Å². The first-order valence-electron chi connectivity index (χ1n) is 21.4. The molecular weight excluding hydrogens is 706 g/mol. The number of benzene rings is 1. The van der Waals surface area contributed by atoms with Crippen LogP contribution in [0.25, 0.3) is 0 Å². The SMILES string of the molecule is CC(C[c-]1cc(CP(C2C3CC4CC(C3)CC2C4)C2C3CC4CC(C3)CC2C4)c(CP(C(C)(C)C)C(C)(C)C)c1)c1ccccc1.[Fe].[cH-]1[cH-][cH-][cH-][cH-]1. The Labute approximate surface area is 332 Å². The van der Waals surface area contributed by atoms with E-state index in [4.69, 9.17) is 0 Å². The first kappa shape index (κ1) is 39.5. The number of hydrogen-bond donors (Lipinski definition) is 0. The van der Waals surface area contributed by atoms with Crippen LogP contribution >= 0.6 is 15.8 Å². The quantitative estimate of drug-likeness (QED) is 0.115. The van der Waals surface area contributed by atoms with Crippen LogP contribution in [-0.4, -0.2) is 21.6 Å². The van der Waals surface area contributed by atoms with Crippen LogP contribution in [0.1, 0.15) is 141 Å². The summed E-state index contributed by atoms with van der Waals surface area (Å²) < 4.78 is 0. The van der Waals surface area contributed by atoms with Crippen LogP contribution in [0.3, 0.4) is 0 Å². The second-order valence-electron chi connectivity index (χ2n) is 20.8. The van der Waals surface area contributed by atoms with Crippen LogP contribution in [0.2, 0.25) is 0 Å². The molecular formula is C49H70FeP2-6. The zero-order valence-corrected chi connectivity index (χ0v) is 36.6. The van der Waals surface area contributed by atoms with E-state index in [9.17, 15) is 0 Å². The van der Waals surface area contributed by atoms with Gasteiger partial charge in [-0.2, -0.15) is 28.8 Å². The average Bonchev–Trinajstić information content (AvgIpc) is 3.76. The summed E-state index contributed by atoms with van der Waals surface area (Å²) in [4.78, 5) is 0. The largest absolute Gasteiger partial charge is 0.748 e. The van der Waals surface area contributed by atoms with E-state index in [2.05, 4.69) is 90.9 Å². The Balaban J connectivity index is 0.000000648. The first-order valence-corrected chi connectivity index (χ1v) is 24.6. The Bertz CT molecular complexity index is 1420. The molecule has 0 spiro atoms. The Hall–Kier alpha value is -0.701. The Kier molecular flexibility index (Phi) is 12.2. The maximum Gasteiger partial charge on any atom is 0 e. The molecule has 8 fully saturated rings. The van der Waals surface area contributed by atoms with Gasteiger partial charge in [0.1, 0.15) is 0 Å². The van der Waals surface area contributed by atoms with Gasteiger partial charge >= 0.3 is 0 Å². The molecule has 1 atom stereocenters. The summed E-state index contributed by atoms with van der Waals surface area (Å²) in [5, 5.41) is 0.736. The monoisotopic (exact) mass is 776 g/mol. The Morgan fingerprint density at radius 1 is 0.596 bits per heavy atom. The topological polar surface area (TPSA) is 0 Å². The second-order valence-corrected chi connectivity index (χ2v) is 27.2. The molecule has 3 aromatic rings. The molecule has 3 heteroatoms. The third-order valence-corrected chi connectivity index (χ3v) is 22.8. The van der Waals surface area contributed by atoms with E-state index in [1.54, 1.807) is 75.3 Å². The third kappa shape index (κ3) is 8.50. The van der Waals surface area contributed by atoms with Gasteiger partial charge in [-0.05, 0) is 145 Å². The third-order valence-electron chi connectivity index (χ3n) is 15.0. The van der Waals surface area contributed by atoms with Crippen molar-refractivity contribution in [2.75, 3.05) is 0 Å². The van der Waals surface area contributed by atoms with Gasteiger partial charge in [-0.25, -0.2) is 0 Å². The van der Waals surface area contributed by atoms with Gasteiger partial charge in [-0.15, -0.1) is 15.8 Å². The van der Waals surface area contributed by atoms with Gasteiger partial charge in [0.25, 0.3) is 0 Å². The predicted molar refractivity (Wildman–Crippen MR) is 225 cm³/mol. The van der Waals surface area contributed by atoms with E-state index in [1.807, 2.05) is 35.9 Å². The van der Waals surface area contributed by atoms with Crippen LogP contribution in [0.15, 0.2) is 72.8 Å². The van der Waals surface area contributed by atoms with Gasteiger partial charge in [-0.1, -0.05) is 97.5 Å². The fourth-order valence-corrected chi connectivity index (χ4v) is 22.0. The van der Waals surface area contributed by atoms with Crippen molar-refractivity contribution in [3.8, 4) is 0 Å². The van der Waals surface area contributed by atoms with E-state index in [0.29, 0.717) is 16.2 Å². The minimum absolute atomic E-state index is 0. The van der Waals surface area contributed by atoms with Crippen molar-refractivity contribution >= 4 is 15.8 Å². The molecule has 0 heterocycles. The van der Waals surface area contributed by atoms with Crippen molar-refractivity contribution in [2.24, 2.45) is 47.3 Å². The summed E-state index contributed by atoms with van der Waals surface area (Å²) in [5.41, 5.74) is 8.95. The van der Waals surface area contributed by atoms with Crippen LogP contribution < -0.4 is 0 Å². The van der Waals surface area contributed by atoms with Gasteiger partial charge in [-0.3, -0.25) is 0 Å². The van der Waals surface area contributed by atoms with Crippen LogP contribution in [0.4, 0.5) is 0 Å². The molecule has 0 saturated heterocycles. The van der Waals surface area contributed by atoms with E-state index in [1.165, 1.54) is 24.3 Å². The summed E-state index contributed by atoms with van der Waals surface area (Å²) in [6.45, 7) is 17.7. The average molecular weight is 777 g/mol. The van der Waals surface area contributed by atoms with E-state index >= 15 is 0 Å². The molecule has 8 bridgehead atoms. The Morgan fingerprint density at radius 2 is 0.981 bits per heavy atom. The number of hydrogen-bond acceptors (Lipinski definition) is 0. The number of rotatable bonds is 9. The predicted octanol–water partition coefficient (Wildman–Crippen LogP) is 14.4. The van der Waals surface area contributed by atoms with Gasteiger partial charge in [0, 0.05) is 17.1 Å². The molecule has 3 aromatic carbocycles. The summed E-state index contributed by atoms with van der Waals surface area (Å²) in [7, 11) is -0.130. The van der Waals surface area contributed by atoms with Gasteiger partial charge in [0.2, 0.25) is 0 Å². The van der Waals surface area contributed by atoms with Crippen LogP contribution in [0.5, 0.6) is 0 Å². The van der Waals surface area contributed by atoms with Gasteiger partial charge in [0.15, 0.2) is 0 Å². The van der Waals surface area contributed by atoms with Gasteiger partial charge in [0.05, 0.1) is 0 Å². The maximum atomic E-state index is 2.80. The molecule has 290 valence electrons. The normalized spacial score (nSPS) is 34.2. The fourth-order valence-electron chi connectivity index (χ4n) is 13.8. The molecule has 11 rings (SSSR count). The standard InChI is InChI=1S/C44H65P2.C5H5.Fe/c1-28(34-11-9-8-10-12-34)13-29-24-39(40(25-29)27-46(43(2,3)4)44(5,6)7)26-45(41-35-16-30-14-31(18-35)19-36(41)17-30)42-37-20-32-15-33(22-37)23-38(42)21-32;1-2-4-5-3-1;/h8-12,24-25,28,30-33,35-38,41-42H,13-23,26-27H2,1-7H3;1-5H;/q-1;-5;. The smallest absolute Gasteiger partial charge is 0 e. The van der Waals surface area contributed by atoms with Crippen molar-refractivity contribution < 1.29 is 17.1 Å². The van der Waals surface area contributed by atoms with Crippen LogP contribution in [0, 0.1) is 47.3 Å². The molecule has 0 nitrogen and oxygen atoms in total. The summed E-state index contributed by atoms with van der Waals surface area (Å²) in [5.74, 6) is 9.27. The van der Waals surface area contributed by atoms with Crippen LogP contribution in [-0.2, 0) is 35.8 Å². The zero-order chi connectivity index (χ0) is 35.5. The maximum absolute atomic E-state index is 2.80. The second kappa shape index (κ2) is 16.0. The van der Waals surface area contributed by atoms with E-state index in [-0.39, 0.29) is 32.9 Å². The molecule has 0 aliphatic heterocycles. The van der Waals surface area contributed by atoms with Crippen molar-refractivity contribution in [2.45, 2.75) is 159 Å². The van der Waals surface area contributed by atoms with E-state index in [0.717, 1.165) is 58.7 Å². The molecule has 8 aliphatic rings. The molecule has 1 unspecified atom stereocenters.